The lowest BCUT2D eigenvalue weighted by Gasteiger charge is -2.08. The van der Waals surface area contributed by atoms with E-state index in [-0.39, 0.29) is 5.78 Å². The third kappa shape index (κ3) is 3.83. The van der Waals surface area contributed by atoms with Crippen molar-refractivity contribution in [3.8, 4) is 0 Å². The molecule has 2 rings (SSSR count). The van der Waals surface area contributed by atoms with Crippen LogP contribution in [0.3, 0.4) is 0 Å². The number of benzene rings is 2. The van der Waals surface area contributed by atoms with E-state index in [9.17, 15) is 4.79 Å². The molecule has 0 radical (unpaired) electrons. The molecule has 2 aromatic rings. The van der Waals surface area contributed by atoms with E-state index in [4.69, 9.17) is 11.6 Å². The highest BCUT2D eigenvalue weighted by atomic mass is 127. The van der Waals surface area contributed by atoms with Crippen molar-refractivity contribution >= 4 is 40.0 Å². The van der Waals surface area contributed by atoms with Crippen LogP contribution in [0.25, 0.3) is 0 Å². The van der Waals surface area contributed by atoms with Crippen LogP contribution in [0.1, 0.15) is 35.3 Å². The van der Waals surface area contributed by atoms with Crippen molar-refractivity contribution in [3.63, 3.8) is 0 Å². The molecule has 0 unspecified atom stereocenters. The van der Waals surface area contributed by atoms with Crippen molar-refractivity contribution in [1.29, 1.82) is 0 Å². The highest BCUT2D eigenvalue weighted by Crippen LogP contribution is 2.22. The van der Waals surface area contributed by atoms with Gasteiger partial charge < -0.3 is 0 Å². The maximum atomic E-state index is 12.6. The third-order valence-electron chi connectivity index (χ3n) is 3.01. The number of carbonyl (C=O) groups is 1. The summed E-state index contributed by atoms with van der Waals surface area (Å²) in [4.78, 5) is 12.6. The molecule has 0 amide bonds. The highest BCUT2D eigenvalue weighted by molar-refractivity contribution is 14.1. The Morgan fingerprint density at radius 3 is 2.65 bits per heavy atom. The molecule has 0 aliphatic heterocycles. The number of hydrogen-bond donors (Lipinski definition) is 0. The molecule has 1 nitrogen and oxygen atoms in total. The Kier molecular flexibility index (Phi) is 5.22. The van der Waals surface area contributed by atoms with Crippen molar-refractivity contribution in [3.05, 3.63) is 67.7 Å². The van der Waals surface area contributed by atoms with Gasteiger partial charge in [0.1, 0.15) is 0 Å². The minimum absolute atomic E-state index is 0.0301. The van der Waals surface area contributed by atoms with E-state index in [1.807, 2.05) is 24.3 Å². The smallest absolute Gasteiger partial charge is 0.194 e. The molecule has 0 aromatic heterocycles. The first-order chi connectivity index (χ1) is 9.47. The molecule has 0 saturated heterocycles. The standard InChI is InChI=1S/C17H16ClIO/c1-11(2)8-12-4-3-5-13(9-12)17(20)15-10-14(18)6-7-16(15)19/h3-7,9-11H,8H2,1-2H3. The zero-order valence-electron chi connectivity index (χ0n) is 11.5. The summed E-state index contributed by atoms with van der Waals surface area (Å²) in [6, 6.07) is 13.3. The van der Waals surface area contributed by atoms with Crippen molar-refractivity contribution in [2.24, 2.45) is 5.92 Å². The van der Waals surface area contributed by atoms with Crippen molar-refractivity contribution < 1.29 is 4.79 Å². The fourth-order valence-electron chi connectivity index (χ4n) is 2.14. The number of rotatable bonds is 4. The summed E-state index contributed by atoms with van der Waals surface area (Å²) < 4.78 is 0.922. The van der Waals surface area contributed by atoms with Crippen LogP contribution in [0.15, 0.2) is 42.5 Å². The van der Waals surface area contributed by atoms with E-state index in [0.29, 0.717) is 16.5 Å². The Bertz CT molecular complexity index is 635. The molecule has 0 aliphatic rings. The molecule has 2 aromatic carbocycles. The average molecular weight is 399 g/mol. The molecule has 0 atom stereocenters. The van der Waals surface area contributed by atoms with E-state index in [1.165, 1.54) is 5.56 Å². The molecule has 0 aliphatic carbocycles. The predicted molar refractivity (Wildman–Crippen MR) is 92.6 cm³/mol. The maximum absolute atomic E-state index is 12.6. The maximum Gasteiger partial charge on any atom is 0.194 e. The largest absolute Gasteiger partial charge is 0.289 e. The lowest BCUT2D eigenvalue weighted by Crippen LogP contribution is -2.05. The topological polar surface area (TPSA) is 17.1 Å². The lowest BCUT2D eigenvalue weighted by atomic mass is 9.97. The second-order valence-corrected chi connectivity index (χ2v) is 6.85. The van der Waals surface area contributed by atoms with Crippen LogP contribution in [-0.2, 0) is 6.42 Å². The fourth-order valence-corrected chi connectivity index (χ4v) is 2.89. The van der Waals surface area contributed by atoms with Crippen LogP contribution in [0.4, 0.5) is 0 Å². The van der Waals surface area contributed by atoms with Gasteiger partial charge in [0.25, 0.3) is 0 Å². The SMILES string of the molecule is CC(C)Cc1cccc(C(=O)c2cc(Cl)ccc2I)c1. The number of hydrogen-bond acceptors (Lipinski definition) is 1. The fraction of sp³-hybridized carbons (Fsp3) is 0.235. The summed E-state index contributed by atoms with van der Waals surface area (Å²) in [5, 5.41) is 0.590. The van der Waals surface area contributed by atoms with Gasteiger partial charge in [0.15, 0.2) is 5.78 Å². The molecule has 0 fully saturated rings. The van der Waals surface area contributed by atoms with E-state index < -0.39 is 0 Å². The zero-order valence-corrected chi connectivity index (χ0v) is 14.4. The van der Waals surface area contributed by atoms with Crippen LogP contribution >= 0.6 is 34.2 Å². The predicted octanol–water partition coefficient (Wildman–Crippen LogP) is 5.37. The second kappa shape index (κ2) is 6.72. The van der Waals surface area contributed by atoms with Crippen LogP contribution in [0.2, 0.25) is 5.02 Å². The quantitative estimate of drug-likeness (QED) is 0.499. The van der Waals surface area contributed by atoms with Gasteiger partial charge >= 0.3 is 0 Å². The lowest BCUT2D eigenvalue weighted by molar-refractivity contribution is 0.103. The van der Waals surface area contributed by atoms with Gasteiger partial charge in [-0.3, -0.25) is 4.79 Å². The van der Waals surface area contributed by atoms with E-state index >= 15 is 0 Å². The van der Waals surface area contributed by atoms with Gasteiger partial charge in [-0.15, -0.1) is 0 Å². The number of halogens is 2. The first kappa shape index (κ1) is 15.5. The monoisotopic (exact) mass is 398 g/mol. The van der Waals surface area contributed by atoms with Gasteiger partial charge in [0.2, 0.25) is 0 Å². The van der Waals surface area contributed by atoms with Crippen LogP contribution in [0, 0.1) is 9.49 Å². The minimum Gasteiger partial charge on any atom is -0.289 e. The number of carbonyl (C=O) groups excluding carboxylic acids is 1. The molecular weight excluding hydrogens is 383 g/mol. The van der Waals surface area contributed by atoms with Crippen LogP contribution < -0.4 is 0 Å². The Morgan fingerprint density at radius 2 is 1.95 bits per heavy atom. The molecular formula is C17H16ClIO. The van der Waals surface area contributed by atoms with Gasteiger partial charge in [-0.1, -0.05) is 43.6 Å². The number of ketones is 1. The minimum atomic E-state index is 0.0301. The molecule has 20 heavy (non-hydrogen) atoms. The van der Waals surface area contributed by atoms with Gasteiger partial charge in [-0.2, -0.15) is 0 Å². The molecule has 0 N–H and O–H groups in total. The van der Waals surface area contributed by atoms with Gasteiger partial charge in [-0.25, -0.2) is 0 Å². The first-order valence-electron chi connectivity index (χ1n) is 6.56. The summed E-state index contributed by atoms with van der Waals surface area (Å²) in [6.45, 7) is 4.35. The van der Waals surface area contributed by atoms with E-state index in [2.05, 4.69) is 42.5 Å². The average Bonchev–Trinajstić information content (AvgIpc) is 2.40. The molecule has 0 heterocycles. The van der Waals surface area contributed by atoms with Crippen LogP contribution in [-0.4, -0.2) is 5.78 Å². The molecule has 3 heteroatoms. The summed E-state index contributed by atoms with van der Waals surface area (Å²) in [5.41, 5.74) is 2.59. The molecule has 104 valence electrons. The second-order valence-electron chi connectivity index (χ2n) is 5.25. The van der Waals surface area contributed by atoms with Crippen LogP contribution in [0.5, 0.6) is 0 Å². The Hall–Kier alpha value is -0.870. The summed E-state index contributed by atoms with van der Waals surface area (Å²) in [5.74, 6) is 0.606. The van der Waals surface area contributed by atoms with Crippen molar-refractivity contribution in [2.75, 3.05) is 0 Å². The van der Waals surface area contributed by atoms with Crippen molar-refractivity contribution in [1.82, 2.24) is 0 Å². The molecule has 0 saturated carbocycles. The summed E-state index contributed by atoms with van der Waals surface area (Å²) in [7, 11) is 0. The van der Waals surface area contributed by atoms with Gasteiger partial charge in [-0.05, 0) is 64.8 Å². The first-order valence-corrected chi connectivity index (χ1v) is 8.01. The molecule has 0 bridgehead atoms. The van der Waals surface area contributed by atoms with Gasteiger partial charge in [0.05, 0.1) is 0 Å². The Morgan fingerprint density at radius 1 is 1.20 bits per heavy atom. The normalized spacial score (nSPS) is 10.8. The third-order valence-corrected chi connectivity index (χ3v) is 4.18. The Labute approximate surface area is 138 Å². The van der Waals surface area contributed by atoms with E-state index in [1.54, 1.807) is 12.1 Å². The summed E-state index contributed by atoms with van der Waals surface area (Å²) >= 11 is 8.16. The van der Waals surface area contributed by atoms with Gasteiger partial charge in [0, 0.05) is 19.7 Å². The zero-order chi connectivity index (χ0) is 14.7. The summed E-state index contributed by atoms with van der Waals surface area (Å²) in [6.07, 6.45) is 0.980. The Balaban J connectivity index is 2.35. The highest BCUT2D eigenvalue weighted by Gasteiger charge is 2.13. The molecule has 0 spiro atoms. The van der Waals surface area contributed by atoms with E-state index in [0.717, 1.165) is 15.6 Å². The van der Waals surface area contributed by atoms with Crippen molar-refractivity contribution in [2.45, 2.75) is 20.3 Å².